The lowest BCUT2D eigenvalue weighted by atomic mass is 9.41. The fourth-order valence-electron chi connectivity index (χ4n) is 1.98. The summed E-state index contributed by atoms with van der Waals surface area (Å²) in [5.41, 5.74) is 0.776. The summed E-state index contributed by atoms with van der Waals surface area (Å²) in [6.07, 6.45) is 5.65. The van der Waals surface area contributed by atoms with Gasteiger partial charge in [-0.3, -0.25) is 0 Å². The van der Waals surface area contributed by atoms with E-state index < -0.39 is 0 Å². The molecule has 0 aromatic carbocycles. The van der Waals surface area contributed by atoms with Crippen molar-refractivity contribution < 1.29 is 4.74 Å². The molecule has 0 aliphatic carbocycles. The van der Waals surface area contributed by atoms with Crippen molar-refractivity contribution in [3.05, 3.63) is 0 Å². The van der Waals surface area contributed by atoms with Crippen molar-refractivity contribution in [2.75, 3.05) is 13.2 Å². The maximum Gasteiger partial charge on any atom is 0.121 e. The highest BCUT2D eigenvalue weighted by molar-refractivity contribution is 6.40. The van der Waals surface area contributed by atoms with E-state index in [4.69, 9.17) is 4.74 Å². The third-order valence-electron chi connectivity index (χ3n) is 2.97. The minimum absolute atomic E-state index is 0.776. The Kier molecular flexibility index (Phi) is 1.29. The average molecular weight is 124 g/mol. The van der Waals surface area contributed by atoms with Crippen LogP contribution in [-0.4, -0.2) is 20.5 Å². The molecule has 9 heavy (non-hydrogen) atoms. The molecule has 0 aromatic rings. The van der Waals surface area contributed by atoms with Gasteiger partial charge < -0.3 is 4.74 Å². The third kappa shape index (κ3) is 0.897. The van der Waals surface area contributed by atoms with Crippen molar-refractivity contribution in [1.82, 2.24) is 0 Å². The van der Waals surface area contributed by atoms with Gasteiger partial charge in [0.25, 0.3) is 0 Å². The van der Waals surface area contributed by atoms with Crippen LogP contribution in [0.3, 0.4) is 0 Å². The second-order valence-electron chi connectivity index (χ2n) is 3.47. The maximum atomic E-state index is 5.30. The zero-order valence-corrected chi connectivity index (χ0v) is 5.86. The Labute approximate surface area is 57.0 Å². The molecule has 1 spiro atoms. The van der Waals surface area contributed by atoms with Gasteiger partial charge in [0.1, 0.15) is 7.28 Å². The molecule has 50 valence electrons. The van der Waals surface area contributed by atoms with Gasteiger partial charge in [0.05, 0.1) is 0 Å². The number of ether oxygens (including phenoxy) is 1. The first kappa shape index (κ1) is 5.78. The van der Waals surface area contributed by atoms with E-state index in [2.05, 4.69) is 0 Å². The fourth-order valence-corrected chi connectivity index (χ4v) is 1.98. The minimum atomic E-state index is 0.776. The van der Waals surface area contributed by atoms with Crippen LogP contribution in [0.2, 0.25) is 12.6 Å². The molecule has 2 rings (SSSR count). The molecule has 0 atom stereocenters. The fraction of sp³-hybridized carbons (Fsp3) is 1.00. The van der Waals surface area contributed by atoms with E-state index in [1.807, 2.05) is 0 Å². The molecule has 0 saturated carbocycles. The van der Waals surface area contributed by atoms with Crippen LogP contribution in [0.4, 0.5) is 0 Å². The predicted molar refractivity (Wildman–Crippen MR) is 39.2 cm³/mol. The summed E-state index contributed by atoms with van der Waals surface area (Å²) in [5, 5.41) is 0. The monoisotopic (exact) mass is 124 g/mol. The number of hydrogen-bond donors (Lipinski definition) is 0. The first-order valence-electron chi connectivity index (χ1n) is 3.99. The van der Waals surface area contributed by atoms with Crippen molar-refractivity contribution >= 4 is 7.28 Å². The highest BCUT2D eigenvalue weighted by Gasteiger charge is 2.38. The highest BCUT2D eigenvalue weighted by atomic mass is 16.5. The van der Waals surface area contributed by atoms with Crippen LogP contribution in [-0.2, 0) is 4.74 Å². The molecule has 0 aromatic heterocycles. The van der Waals surface area contributed by atoms with Crippen molar-refractivity contribution in [3.8, 4) is 0 Å². The minimum Gasteiger partial charge on any atom is -0.381 e. The van der Waals surface area contributed by atoms with E-state index in [-0.39, 0.29) is 0 Å². The van der Waals surface area contributed by atoms with Crippen LogP contribution >= 0.6 is 0 Å². The summed E-state index contributed by atoms with van der Waals surface area (Å²) >= 11 is 0. The van der Waals surface area contributed by atoms with E-state index in [1.165, 1.54) is 32.8 Å². The Hall–Kier alpha value is 0.0249. The maximum absolute atomic E-state index is 5.30. The Bertz CT molecular complexity index is 101. The molecule has 2 saturated heterocycles. The van der Waals surface area contributed by atoms with Crippen LogP contribution in [0.25, 0.3) is 0 Å². The molecule has 2 aliphatic heterocycles. The summed E-state index contributed by atoms with van der Waals surface area (Å²) in [6, 6.07) is 0. The zero-order valence-electron chi connectivity index (χ0n) is 5.86. The van der Waals surface area contributed by atoms with Gasteiger partial charge in [-0.1, -0.05) is 12.6 Å². The standard InChI is InChI=1S/C7H13BO/c1-3-9-4-2-7(1)5-8-6-7/h8H,1-6H2. The normalized spacial score (nSPS) is 31.1. The van der Waals surface area contributed by atoms with E-state index in [0.717, 1.165) is 18.6 Å². The van der Waals surface area contributed by atoms with Crippen LogP contribution in [0, 0.1) is 5.41 Å². The molecular weight excluding hydrogens is 111 g/mol. The topological polar surface area (TPSA) is 9.23 Å². The van der Waals surface area contributed by atoms with Crippen molar-refractivity contribution in [2.45, 2.75) is 25.5 Å². The Balaban J connectivity index is 1.93. The second-order valence-corrected chi connectivity index (χ2v) is 3.47. The Morgan fingerprint density at radius 3 is 2.11 bits per heavy atom. The molecule has 2 heterocycles. The predicted octanol–water partition coefficient (Wildman–Crippen LogP) is 1.07. The van der Waals surface area contributed by atoms with E-state index >= 15 is 0 Å². The third-order valence-corrected chi connectivity index (χ3v) is 2.97. The van der Waals surface area contributed by atoms with Gasteiger partial charge in [0, 0.05) is 13.2 Å². The smallest absolute Gasteiger partial charge is 0.121 e. The number of hydrogen-bond acceptors (Lipinski definition) is 1. The van der Waals surface area contributed by atoms with Gasteiger partial charge in [-0.25, -0.2) is 0 Å². The van der Waals surface area contributed by atoms with Crippen molar-refractivity contribution in [3.63, 3.8) is 0 Å². The van der Waals surface area contributed by atoms with Crippen molar-refractivity contribution in [1.29, 1.82) is 0 Å². The van der Waals surface area contributed by atoms with Gasteiger partial charge in [-0.2, -0.15) is 0 Å². The lowest BCUT2D eigenvalue weighted by molar-refractivity contribution is 0.0254. The van der Waals surface area contributed by atoms with Gasteiger partial charge in [0.2, 0.25) is 0 Å². The second kappa shape index (κ2) is 2.01. The summed E-state index contributed by atoms with van der Waals surface area (Å²) < 4.78 is 5.30. The SMILES string of the molecule is B1CC2(C1)CCOCC2. The molecule has 1 nitrogen and oxygen atoms in total. The molecule has 0 radical (unpaired) electrons. The Morgan fingerprint density at radius 1 is 1.11 bits per heavy atom. The van der Waals surface area contributed by atoms with E-state index in [9.17, 15) is 0 Å². The molecule has 0 bridgehead atoms. The van der Waals surface area contributed by atoms with Crippen LogP contribution in [0.1, 0.15) is 12.8 Å². The highest BCUT2D eigenvalue weighted by Crippen LogP contribution is 2.45. The first-order valence-corrected chi connectivity index (χ1v) is 3.99. The van der Waals surface area contributed by atoms with Crippen molar-refractivity contribution in [2.24, 2.45) is 5.41 Å². The molecule has 0 N–H and O–H groups in total. The van der Waals surface area contributed by atoms with Gasteiger partial charge >= 0.3 is 0 Å². The molecule has 2 aliphatic rings. The van der Waals surface area contributed by atoms with E-state index in [0.29, 0.717) is 0 Å². The largest absolute Gasteiger partial charge is 0.381 e. The first-order chi connectivity index (χ1) is 4.41. The van der Waals surface area contributed by atoms with Crippen LogP contribution < -0.4 is 0 Å². The lowest BCUT2D eigenvalue weighted by Gasteiger charge is -2.44. The van der Waals surface area contributed by atoms with Gasteiger partial charge in [-0.05, 0) is 18.3 Å². The summed E-state index contributed by atoms with van der Waals surface area (Å²) in [4.78, 5) is 0. The zero-order chi connectivity index (χ0) is 6.16. The van der Waals surface area contributed by atoms with E-state index in [1.54, 1.807) is 0 Å². The summed E-state index contributed by atoms with van der Waals surface area (Å²) in [6.45, 7) is 2.06. The summed E-state index contributed by atoms with van der Waals surface area (Å²) in [5.74, 6) is 0. The van der Waals surface area contributed by atoms with Crippen LogP contribution in [0.15, 0.2) is 0 Å². The Morgan fingerprint density at radius 2 is 1.78 bits per heavy atom. The summed E-state index contributed by atoms with van der Waals surface area (Å²) in [7, 11) is 1.47. The molecule has 0 amide bonds. The number of rotatable bonds is 0. The molecule has 2 heteroatoms. The molecule has 2 fully saturated rings. The lowest BCUT2D eigenvalue weighted by Crippen LogP contribution is -2.38. The van der Waals surface area contributed by atoms with Crippen LogP contribution in [0.5, 0.6) is 0 Å². The average Bonchev–Trinajstić information content (AvgIpc) is 1.87. The quantitative estimate of drug-likeness (QED) is 0.439. The van der Waals surface area contributed by atoms with Gasteiger partial charge in [-0.15, -0.1) is 0 Å². The molecule has 0 unspecified atom stereocenters. The van der Waals surface area contributed by atoms with Gasteiger partial charge in [0.15, 0.2) is 0 Å². The molecular formula is C7H13BO.